The van der Waals surface area contributed by atoms with Crippen molar-refractivity contribution in [1.29, 1.82) is 0 Å². The molecule has 1 aromatic rings. The monoisotopic (exact) mass is 346 g/mol. The van der Waals surface area contributed by atoms with Gasteiger partial charge in [-0.15, -0.1) is 0 Å². The van der Waals surface area contributed by atoms with Gasteiger partial charge in [0.15, 0.2) is 5.96 Å². The number of piperazine rings is 1. The van der Waals surface area contributed by atoms with E-state index in [1.807, 2.05) is 43.0 Å². The Labute approximate surface area is 150 Å². The first kappa shape index (κ1) is 19.1. The molecule has 0 radical (unpaired) electrons. The largest absolute Gasteiger partial charge is 0.489 e. The van der Waals surface area contributed by atoms with Crippen LogP contribution in [0.4, 0.5) is 0 Å². The van der Waals surface area contributed by atoms with Gasteiger partial charge in [0.25, 0.3) is 0 Å². The fourth-order valence-corrected chi connectivity index (χ4v) is 2.82. The van der Waals surface area contributed by atoms with Gasteiger partial charge in [-0.25, -0.2) is 4.99 Å². The predicted octanol–water partition coefficient (Wildman–Crippen LogP) is 1.89. The van der Waals surface area contributed by atoms with Crippen molar-refractivity contribution in [2.24, 2.45) is 4.99 Å². The highest BCUT2D eigenvalue weighted by atomic mass is 16.5. The number of rotatable bonds is 5. The van der Waals surface area contributed by atoms with Gasteiger partial charge in [0, 0.05) is 39.6 Å². The lowest BCUT2D eigenvalue weighted by molar-refractivity contribution is -0.130. The highest BCUT2D eigenvalue weighted by Crippen LogP contribution is 2.17. The van der Waals surface area contributed by atoms with E-state index in [1.165, 1.54) is 0 Å². The van der Waals surface area contributed by atoms with E-state index in [-0.39, 0.29) is 12.0 Å². The molecule has 0 saturated carbocycles. The molecule has 1 fully saturated rings. The van der Waals surface area contributed by atoms with Gasteiger partial charge in [-0.1, -0.05) is 18.2 Å². The second-order valence-corrected chi connectivity index (χ2v) is 6.38. The minimum Gasteiger partial charge on any atom is -0.489 e. The zero-order chi connectivity index (χ0) is 18.2. The van der Waals surface area contributed by atoms with Crippen LogP contribution in [-0.2, 0) is 4.79 Å². The zero-order valence-corrected chi connectivity index (χ0v) is 15.8. The zero-order valence-electron chi connectivity index (χ0n) is 15.8. The molecular formula is C19H30N4O2. The molecular weight excluding hydrogens is 316 g/mol. The number of hydrogen-bond donors (Lipinski definition) is 1. The lowest BCUT2D eigenvalue weighted by Gasteiger charge is -2.36. The summed E-state index contributed by atoms with van der Waals surface area (Å²) in [5.74, 6) is 1.94. The Bertz CT molecular complexity index is 595. The van der Waals surface area contributed by atoms with Gasteiger partial charge in [-0.2, -0.15) is 0 Å². The third kappa shape index (κ3) is 5.66. The molecule has 25 heavy (non-hydrogen) atoms. The van der Waals surface area contributed by atoms with Crippen molar-refractivity contribution in [3.05, 3.63) is 29.8 Å². The summed E-state index contributed by atoms with van der Waals surface area (Å²) >= 11 is 0. The van der Waals surface area contributed by atoms with Gasteiger partial charge in [-0.3, -0.25) is 4.79 Å². The fraction of sp³-hybridized carbons (Fsp3) is 0.579. The molecule has 6 heteroatoms. The standard InChI is InChI=1S/C19H30N4O2/c1-5-20-19(23-12-10-22(11-13-23)17(4)24)21-14-16(3)25-18-9-7-6-8-15(18)2/h6-9,16H,5,10-14H2,1-4H3,(H,20,21). The molecule has 138 valence electrons. The summed E-state index contributed by atoms with van der Waals surface area (Å²) in [6.45, 7) is 12.3. The average Bonchev–Trinajstić information content (AvgIpc) is 2.60. The van der Waals surface area contributed by atoms with Crippen LogP contribution in [0, 0.1) is 6.92 Å². The smallest absolute Gasteiger partial charge is 0.219 e. The summed E-state index contributed by atoms with van der Waals surface area (Å²) < 4.78 is 6.00. The molecule has 0 aliphatic carbocycles. The number of ether oxygens (including phenoxy) is 1. The molecule has 0 bridgehead atoms. The van der Waals surface area contributed by atoms with Gasteiger partial charge in [-0.05, 0) is 32.4 Å². The van der Waals surface area contributed by atoms with Crippen LogP contribution in [0.15, 0.2) is 29.3 Å². The number of aryl methyl sites for hydroxylation is 1. The van der Waals surface area contributed by atoms with Crippen LogP contribution in [-0.4, -0.2) is 67.0 Å². The van der Waals surface area contributed by atoms with E-state index < -0.39 is 0 Å². The van der Waals surface area contributed by atoms with Crippen molar-refractivity contribution < 1.29 is 9.53 Å². The summed E-state index contributed by atoms with van der Waals surface area (Å²) in [4.78, 5) is 20.3. The minimum atomic E-state index is -0.00624. The van der Waals surface area contributed by atoms with Crippen LogP contribution in [0.25, 0.3) is 0 Å². The summed E-state index contributed by atoms with van der Waals surface area (Å²) in [7, 11) is 0. The van der Waals surface area contributed by atoms with E-state index in [0.717, 1.165) is 50.0 Å². The van der Waals surface area contributed by atoms with Gasteiger partial charge in [0.2, 0.25) is 5.91 Å². The Balaban J connectivity index is 1.93. The van der Waals surface area contributed by atoms with E-state index >= 15 is 0 Å². The maximum Gasteiger partial charge on any atom is 0.219 e. The highest BCUT2D eigenvalue weighted by Gasteiger charge is 2.21. The van der Waals surface area contributed by atoms with E-state index in [1.54, 1.807) is 6.92 Å². The number of aliphatic imine (C=N–C) groups is 1. The SMILES string of the molecule is CCNC(=NCC(C)Oc1ccccc1C)N1CCN(C(C)=O)CC1. The van der Waals surface area contributed by atoms with Crippen LogP contribution < -0.4 is 10.1 Å². The van der Waals surface area contributed by atoms with Crippen molar-refractivity contribution in [2.75, 3.05) is 39.3 Å². The summed E-state index contributed by atoms with van der Waals surface area (Å²) in [6.07, 6.45) is -0.00624. The third-order valence-electron chi connectivity index (χ3n) is 4.28. The molecule has 1 aliphatic heterocycles. The number of nitrogens with one attached hydrogen (secondary N) is 1. The Morgan fingerprint density at radius 1 is 1.24 bits per heavy atom. The lowest BCUT2D eigenvalue weighted by atomic mass is 10.2. The Kier molecular flexibility index (Phi) is 7.10. The number of benzene rings is 1. The maximum absolute atomic E-state index is 11.5. The topological polar surface area (TPSA) is 57.2 Å². The second-order valence-electron chi connectivity index (χ2n) is 6.38. The molecule has 1 unspecified atom stereocenters. The molecule has 0 aromatic heterocycles. The van der Waals surface area contributed by atoms with Crippen LogP contribution in [0.3, 0.4) is 0 Å². The van der Waals surface area contributed by atoms with Crippen molar-refractivity contribution in [3.63, 3.8) is 0 Å². The van der Waals surface area contributed by atoms with Gasteiger partial charge >= 0.3 is 0 Å². The number of carbonyl (C=O) groups is 1. The Morgan fingerprint density at radius 3 is 2.48 bits per heavy atom. The van der Waals surface area contributed by atoms with E-state index in [2.05, 4.69) is 17.1 Å². The first-order valence-corrected chi connectivity index (χ1v) is 9.02. The van der Waals surface area contributed by atoms with Crippen LogP contribution >= 0.6 is 0 Å². The third-order valence-corrected chi connectivity index (χ3v) is 4.28. The van der Waals surface area contributed by atoms with Gasteiger partial charge < -0.3 is 19.9 Å². The minimum absolute atomic E-state index is 0.00624. The molecule has 0 spiro atoms. The molecule has 2 rings (SSSR count). The normalized spacial score (nSPS) is 16.6. The van der Waals surface area contributed by atoms with Crippen LogP contribution in [0.2, 0.25) is 0 Å². The molecule has 1 N–H and O–H groups in total. The first-order valence-electron chi connectivity index (χ1n) is 9.02. The summed E-state index contributed by atoms with van der Waals surface area (Å²) in [5, 5.41) is 3.34. The quantitative estimate of drug-likeness (QED) is 0.653. The number of nitrogens with zero attached hydrogens (tertiary/aromatic N) is 3. The number of para-hydroxylation sites is 1. The molecule has 1 aliphatic rings. The van der Waals surface area contributed by atoms with Gasteiger partial charge in [0.05, 0.1) is 6.54 Å². The van der Waals surface area contributed by atoms with Crippen molar-refractivity contribution in [1.82, 2.24) is 15.1 Å². The fourth-order valence-electron chi connectivity index (χ4n) is 2.82. The second kappa shape index (κ2) is 9.30. The maximum atomic E-state index is 11.5. The molecule has 1 heterocycles. The Morgan fingerprint density at radius 2 is 1.88 bits per heavy atom. The molecule has 1 amide bonds. The number of hydrogen-bond acceptors (Lipinski definition) is 3. The first-order chi connectivity index (χ1) is 12.0. The van der Waals surface area contributed by atoms with Gasteiger partial charge in [0.1, 0.15) is 11.9 Å². The van der Waals surface area contributed by atoms with E-state index in [9.17, 15) is 4.79 Å². The lowest BCUT2D eigenvalue weighted by Crippen LogP contribution is -2.53. The number of guanidine groups is 1. The highest BCUT2D eigenvalue weighted by molar-refractivity contribution is 5.80. The Hall–Kier alpha value is -2.24. The molecule has 1 saturated heterocycles. The number of carbonyl (C=O) groups excluding carboxylic acids is 1. The average molecular weight is 346 g/mol. The van der Waals surface area contributed by atoms with Crippen molar-refractivity contribution in [3.8, 4) is 5.75 Å². The number of amides is 1. The van der Waals surface area contributed by atoms with Crippen LogP contribution in [0.5, 0.6) is 5.75 Å². The summed E-state index contributed by atoms with van der Waals surface area (Å²) in [6, 6.07) is 8.03. The van der Waals surface area contributed by atoms with E-state index in [0.29, 0.717) is 6.54 Å². The van der Waals surface area contributed by atoms with E-state index in [4.69, 9.17) is 9.73 Å². The van der Waals surface area contributed by atoms with Crippen LogP contribution in [0.1, 0.15) is 26.3 Å². The molecule has 6 nitrogen and oxygen atoms in total. The predicted molar refractivity (Wildman–Crippen MR) is 101 cm³/mol. The summed E-state index contributed by atoms with van der Waals surface area (Å²) in [5.41, 5.74) is 1.13. The molecule has 1 atom stereocenters. The van der Waals surface area contributed by atoms with Crippen molar-refractivity contribution >= 4 is 11.9 Å². The van der Waals surface area contributed by atoms with Crippen molar-refractivity contribution in [2.45, 2.75) is 33.8 Å². The molecule has 1 aromatic carbocycles.